The summed E-state index contributed by atoms with van der Waals surface area (Å²) in [5.74, 6) is 1.03. The lowest BCUT2D eigenvalue weighted by atomic mass is 10.2. The Balaban J connectivity index is 1.93. The minimum absolute atomic E-state index is 0.842. The van der Waals surface area contributed by atoms with Crippen LogP contribution < -0.4 is 0 Å². The second-order valence-electron chi connectivity index (χ2n) is 5.23. The number of benzene rings is 2. The summed E-state index contributed by atoms with van der Waals surface area (Å²) in [6.45, 7) is 2.90. The number of aromatic nitrogens is 3. The van der Waals surface area contributed by atoms with Crippen molar-refractivity contribution in [2.75, 3.05) is 0 Å². The van der Waals surface area contributed by atoms with Gasteiger partial charge in [0.25, 0.3) is 0 Å². The fraction of sp³-hybridized carbons (Fsp3) is 0.111. The maximum atomic E-state index is 4.76. The molecule has 0 aliphatic rings. The Morgan fingerprint density at radius 2 is 1.81 bits per heavy atom. The van der Waals surface area contributed by atoms with E-state index in [0.29, 0.717) is 0 Å². The number of pyridine rings is 1. The molecule has 0 N–H and O–H groups in total. The molecule has 4 rings (SSSR count). The maximum Gasteiger partial charge on any atom is 0.107 e. The molecule has 2 aromatic heterocycles. The monoisotopic (exact) mass is 273 g/mol. The molecule has 2 heterocycles. The zero-order valence-electron chi connectivity index (χ0n) is 11.8. The van der Waals surface area contributed by atoms with Crippen LogP contribution in [0, 0.1) is 6.92 Å². The van der Waals surface area contributed by atoms with Gasteiger partial charge in [-0.2, -0.15) is 0 Å². The summed E-state index contributed by atoms with van der Waals surface area (Å²) in [7, 11) is 0. The summed E-state index contributed by atoms with van der Waals surface area (Å²) in [6.07, 6.45) is 1.82. The molecule has 3 heteroatoms. The van der Waals surface area contributed by atoms with Gasteiger partial charge in [-0.1, -0.05) is 30.3 Å². The van der Waals surface area contributed by atoms with Gasteiger partial charge in [0.2, 0.25) is 0 Å². The van der Waals surface area contributed by atoms with E-state index in [1.54, 1.807) is 0 Å². The molecule has 4 aromatic rings. The highest BCUT2D eigenvalue weighted by Gasteiger charge is 2.10. The highest BCUT2D eigenvalue weighted by Crippen LogP contribution is 2.25. The van der Waals surface area contributed by atoms with Crippen molar-refractivity contribution in [3.05, 3.63) is 72.2 Å². The molecule has 0 amide bonds. The van der Waals surface area contributed by atoms with Crippen LogP contribution in [0.15, 0.2) is 60.8 Å². The Morgan fingerprint density at radius 1 is 0.952 bits per heavy atom. The van der Waals surface area contributed by atoms with Crippen molar-refractivity contribution in [2.24, 2.45) is 0 Å². The summed E-state index contributed by atoms with van der Waals surface area (Å²) in [5.41, 5.74) is 4.48. The van der Waals surface area contributed by atoms with E-state index in [1.165, 1.54) is 5.56 Å². The lowest BCUT2D eigenvalue weighted by Gasteiger charge is -2.07. The first-order chi connectivity index (χ1) is 10.3. The van der Waals surface area contributed by atoms with Crippen molar-refractivity contribution in [2.45, 2.75) is 13.5 Å². The molecule has 0 fully saturated rings. The van der Waals surface area contributed by atoms with Crippen molar-refractivity contribution in [3.63, 3.8) is 0 Å². The molecule has 0 bridgehead atoms. The fourth-order valence-electron chi connectivity index (χ4n) is 2.82. The SMILES string of the molecule is Cc1nc2c3cccnc3ccc2n1Cc1ccccc1. The van der Waals surface area contributed by atoms with Crippen LogP contribution in [0.1, 0.15) is 11.4 Å². The lowest BCUT2D eigenvalue weighted by Crippen LogP contribution is -2.01. The predicted molar refractivity (Wildman–Crippen MR) is 85.3 cm³/mol. The Morgan fingerprint density at radius 3 is 2.67 bits per heavy atom. The van der Waals surface area contributed by atoms with E-state index >= 15 is 0 Å². The van der Waals surface area contributed by atoms with Gasteiger partial charge in [-0.25, -0.2) is 4.98 Å². The zero-order chi connectivity index (χ0) is 14.2. The van der Waals surface area contributed by atoms with E-state index in [-0.39, 0.29) is 0 Å². The molecule has 0 saturated carbocycles. The number of hydrogen-bond donors (Lipinski definition) is 0. The number of aryl methyl sites for hydroxylation is 1. The van der Waals surface area contributed by atoms with Crippen LogP contribution in [-0.4, -0.2) is 14.5 Å². The Bertz CT molecular complexity index is 923. The normalized spacial score (nSPS) is 11.3. The molecule has 21 heavy (non-hydrogen) atoms. The smallest absolute Gasteiger partial charge is 0.107 e. The van der Waals surface area contributed by atoms with Gasteiger partial charge in [-0.15, -0.1) is 0 Å². The minimum Gasteiger partial charge on any atom is -0.324 e. The topological polar surface area (TPSA) is 30.7 Å². The van der Waals surface area contributed by atoms with E-state index in [4.69, 9.17) is 4.98 Å². The van der Waals surface area contributed by atoms with Crippen molar-refractivity contribution in [3.8, 4) is 0 Å². The third-order valence-electron chi connectivity index (χ3n) is 3.87. The number of rotatable bonds is 2. The van der Waals surface area contributed by atoms with Gasteiger partial charge >= 0.3 is 0 Å². The first-order valence-electron chi connectivity index (χ1n) is 7.07. The van der Waals surface area contributed by atoms with Gasteiger partial charge in [0.1, 0.15) is 5.82 Å². The predicted octanol–water partition coefficient (Wildman–Crippen LogP) is 3.94. The molecule has 0 atom stereocenters. The lowest BCUT2D eigenvalue weighted by molar-refractivity contribution is 0.786. The van der Waals surface area contributed by atoms with E-state index in [0.717, 1.165) is 34.3 Å². The van der Waals surface area contributed by atoms with Crippen LogP contribution in [0.3, 0.4) is 0 Å². The molecule has 0 aliphatic carbocycles. The van der Waals surface area contributed by atoms with Crippen molar-refractivity contribution in [1.29, 1.82) is 0 Å². The van der Waals surface area contributed by atoms with Crippen LogP contribution >= 0.6 is 0 Å². The third-order valence-corrected chi connectivity index (χ3v) is 3.87. The summed E-state index contributed by atoms with van der Waals surface area (Å²) < 4.78 is 2.26. The van der Waals surface area contributed by atoms with Crippen molar-refractivity contribution in [1.82, 2.24) is 14.5 Å². The van der Waals surface area contributed by atoms with Gasteiger partial charge in [-0.3, -0.25) is 4.98 Å². The highest BCUT2D eigenvalue weighted by atomic mass is 15.1. The van der Waals surface area contributed by atoms with Crippen molar-refractivity contribution < 1.29 is 0 Å². The quantitative estimate of drug-likeness (QED) is 0.554. The second-order valence-corrected chi connectivity index (χ2v) is 5.23. The van der Waals surface area contributed by atoms with E-state index in [2.05, 4.69) is 58.9 Å². The Labute approximate surface area is 122 Å². The number of hydrogen-bond acceptors (Lipinski definition) is 2. The number of fused-ring (bicyclic) bond motifs is 3. The molecule has 0 radical (unpaired) electrons. The van der Waals surface area contributed by atoms with Crippen LogP contribution in [0.4, 0.5) is 0 Å². The average Bonchev–Trinajstić information content (AvgIpc) is 2.85. The van der Waals surface area contributed by atoms with Gasteiger partial charge < -0.3 is 4.57 Å². The number of nitrogens with zero attached hydrogens (tertiary/aromatic N) is 3. The van der Waals surface area contributed by atoms with Crippen LogP contribution in [0.2, 0.25) is 0 Å². The first kappa shape index (κ1) is 12.1. The highest BCUT2D eigenvalue weighted by molar-refractivity contribution is 6.02. The number of imidazole rings is 1. The minimum atomic E-state index is 0.842. The van der Waals surface area contributed by atoms with Crippen LogP contribution in [0.5, 0.6) is 0 Å². The summed E-state index contributed by atoms with van der Waals surface area (Å²) >= 11 is 0. The molecule has 0 spiro atoms. The van der Waals surface area contributed by atoms with Gasteiger partial charge in [0.05, 0.1) is 16.6 Å². The third kappa shape index (κ3) is 1.98. The van der Waals surface area contributed by atoms with Crippen molar-refractivity contribution >= 4 is 21.9 Å². The van der Waals surface area contributed by atoms with Gasteiger partial charge in [0.15, 0.2) is 0 Å². The van der Waals surface area contributed by atoms with Gasteiger partial charge in [0, 0.05) is 18.1 Å². The van der Waals surface area contributed by atoms with E-state index in [1.807, 2.05) is 18.3 Å². The standard InChI is InChI=1S/C18H15N3/c1-13-20-18-15-8-5-11-19-16(15)9-10-17(18)21(13)12-14-6-3-2-4-7-14/h2-11H,12H2,1H3. The van der Waals surface area contributed by atoms with Crippen LogP contribution in [0.25, 0.3) is 21.9 Å². The fourth-order valence-corrected chi connectivity index (χ4v) is 2.82. The summed E-state index contributed by atoms with van der Waals surface area (Å²) in [5, 5.41) is 1.12. The molecule has 0 unspecified atom stereocenters. The van der Waals surface area contributed by atoms with E-state index in [9.17, 15) is 0 Å². The molecule has 102 valence electrons. The Kier molecular flexibility index (Phi) is 2.71. The molecule has 0 saturated heterocycles. The zero-order valence-corrected chi connectivity index (χ0v) is 11.8. The Hall–Kier alpha value is -2.68. The summed E-state index contributed by atoms with van der Waals surface area (Å²) in [6, 6.07) is 18.7. The first-order valence-corrected chi connectivity index (χ1v) is 7.07. The molecular weight excluding hydrogens is 258 g/mol. The van der Waals surface area contributed by atoms with E-state index < -0.39 is 0 Å². The molecule has 2 aromatic carbocycles. The largest absolute Gasteiger partial charge is 0.324 e. The molecule has 0 aliphatic heterocycles. The average molecular weight is 273 g/mol. The molecular formula is C18H15N3. The molecule has 3 nitrogen and oxygen atoms in total. The van der Waals surface area contributed by atoms with Gasteiger partial charge in [-0.05, 0) is 36.8 Å². The maximum absolute atomic E-state index is 4.76. The second kappa shape index (κ2) is 4.70. The summed E-state index contributed by atoms with van der Waals surface area (Å²) in [4.78, 5) is 9.17. The van der Waals surface area contributed by atoms with Crippen LogP contribution in [-0.2, 0) is 6.54 Å².